The van der Waals surface area contributed by atoms with Gasteiger partial charge >= 0.3 is 0 Å². The van der Waals surface area contributed by atoms with Crippen molar-refractivity contribution in [3.8, 4) is 11.1 Å². The molecule has 0 aromatic heterocycles. The number of halogens is 2. The molecule has 100 valence electrons. The van der Waals surface area contributed by atoms with Crippen LogP contribution in [0.25, 0.3) is 11.1 Å². The van der Waals surface area contributed by atoms with Crippen molar-refractivity contribution in [2.45, 2.75) is 12.8 Å². The summed E-state index contributed by atoms with van der Waals surface area (Å²) in [6.45, 7) is 0.176. The molecule has 2 aromatic carbocycles. The van der Waals surface area contributed by atoms with Gasteiger partial charge in [0, 0.05) is 22.3 Å². The van der Waals surface area contributed by atoms with Gasteiger partial charge in [-0.05, 0) is 58.1 Å². The van der Waals surface area contributed by atoms with Crippen molar-refractivity contribution in [2.24, 2.45) is 0 Å². The molecule has 0 unspecified atom stereocenters. The topological polar surface area (TPSA) is 46.2 Å². The molecule has 0 heterocycles. The van der Waals surface area contributed by atoms with Crippen LogP contribution in [0, 0.1) is 0 Å². The van der Waals surface area contributed by atoms with E-state index in [-0.39, 0.29) is 6.61 Å². The van der Waals surface area contributed by atoms with Crippen LogP contribution < -0.4 is 5.73 Å². The molecule has 2 aromatic rings. The molecule has 3 N–H and O–H groups in total. The van der Waals surface area contributed by atoms with Crippen LogP contribution in [0.4, 0.5) is 5.69 Å². The number of aliphatic hydroxyl groups excluding tert-OH is 1. The largest absolute Gasteiger partial charge is 0.398 e. The highest BCUT2D eigenvalue weighted by Crippen LogP contribution is 2.34. The van der Waals surface area contributed by atoms with Crippen LogP contribution in [0.1, 0.15) is 12.0 Å². The van der Waals surface area contributed by atoms with E-state index in [0.29, 0.717) is 5.02 Å². The van der Waals surface area contributed by atoms with Crippen LogP contribution in [-0.2, 0) is 6.42 Å². The Balaban J connectivity index is 2.50. The van der Waals surface area contributed by atoms with E-state index in [2.05, 4.69) is 15.9 Å². The summed E-state index contributed by atoms with van der Waals surface area (Å²) < 4.78 is 0.865. The molecule has 0 amide bonds. The Morgan fingerprint density at radius 3 is 2.68 bits per heavy atom. The fraction of sp³-hybridized carbons (Fsp3) is 0.200. The molecular formula is C15H15BrClNO. The van der Waals surface area contributed by atoms with Crippen LogP contribution in [0.3, 0.4) is 0 Å². The summed E-state index contributed by atoms with van der Waals surface area (Å²) in [4.78, 5) is 0. The maximum absolute atomic E-state index is 8.98. The number of benzene rings is 2. The molecule has 2 nitrogen and oxygen atoms in total. The van der Waals surface area contributed by atoms with E-state index in [0.717, 1.165) is 39.7 Å². The molecule has 4 heteroatoms. The third kappa shape index (κ3) is 3.30. The number of hydrogen-bond acceptors (Lipinski definition) is 2. The van der Waals surface area contributed by atoms with Crippen molar-refractivity contribution in [1.82, 2.24) is 0 Å². The quantitative estimate of drug-likeness (QED) is 0.816. The third-order valence-electron chi connectivity index (χ3n) is 3.00. The lowest BCUT2D eigenvalue weighted by atomic mass is 9.95. The van der Waals surface area contributed by atoms with Gasteiger partial charge in [-0.1, -0.05) is 29.8 Å². The van der Waals surface area contributed by atoms with Gasteiger partial charge in [-0.2, -0.15) is 0 Å². The van der Waals surface area contributed by atoms with E-state index < -0.39 is 0 Å². The van der Waals surface area contributed by atoms with Crippen molar-refractivity contribution in [1.29, 1.82) is 0 Å². The van der Waals surface area contributed by atoms with Gasteiger partial charge in [-0.15, -0.1) is 0 Å². The van der Waals surface area contributed by atoms with Gasteiger partial charge in [-0.25, -0.2) is 0 Å². The summed E-state index contributed by atoms with van der Waals surface area (Å²) in [7, 11) is 0. The number of aliphatic hydroxyl groups is 1. The lowest BCUT2D eigenvalue weighted by Crippen LogP contribution is -1.98. The molecule has 0 aliphatic carbocycles. The van der Waals surface area contributed by atoms with Crippen molar-refractivity contribution in [3.63, 3.8) is 0 Å². The van der Waals surface area contributed by atoms with E-state index >= 15 is 0 Å². The molecule has 0 aliphatic heterocycles. The maximum atomic E-state index is 8.98. The fourth-order valence-electron chi connectivity index (χ4n) is 2.10. The van der Waals surface area contributed by atoms with E-state index in [1.807, 2.05) is 36.4 Å². The van der Waals surface area contributed by atoms with Gasteiger partial charge < -0.3 is 10.8 Å². The Morgan fingerprint density at radius 1 is 1.21 bits per heavy atom. The average Bonchev–Trinajstić information content (AvgIpc) is 2.40. The molecule has 19 heavy (non-hydrogen) atoms. The number of anilines is 1. The summed E-state index contributed by atoms with van der Waals surface area (Å²) in [6, 6.07) is 11.7. The highest BCUT2D eigenvalue weighted by Gasteiger charge is 2.10. The number of nitrogen functional groups attached to an aromatic ring is 1. The smallest absolute Gasteiger partial charge is 0.0554 e. The van der Waals surface area contributed by atoms with Crippen molar-refractivity contribution in [3.05, 3.63) is 51.5 Å². The summed E-state index contributed by atoms with van der Waals surface area (Å²) in [5.41, 5.74) is 9.96. The molecule has 0 fully saturated rings. The van der Waals surface area contributed by atoms with Crippen molar-refractivity contribution >= 4 is 33.2 Å². The number of rotatable bonds is 4. The van der Waals surface area contributed by atoms with Gasteiger partial charge in [0.2, 0.25) is 0 Å². The van der Waals surface area contributed by atoms with Gasteiger partial charge in [-0.3, -0.25) is 0 Å². The average molecular weight is 341 g/mol. The predicted molar refractivity (Wildman–Crippen MR) is 84.4 cm³/mol. The second kappa shape index (κ2) is 6.42. The molecule has 0 radical (unpaired) electrons. The molecule has 2 rings (SSSR count). The first kappa shape index (κ1) is 14.4. The second-order valence-electron chi connectivity index (χ2n) is 4.34. The first-order chi connectivity index (χ1) is 9.13. The van der Waals surface area contributed by atoms with Crippen LogP contribution >= 0.6 is 27.5 Å². The second-order valence-corrected chi connectivity index (χ2v) is 5.60. The Bertz CT molecular complexity index is 586. The standard InChI is InChI=1S/C15H15BrClNO/c16-12-7-6-11(9-13(12)17)15-10(4-2-8-19)3-1-5-14(15)18/h1,3,5-7,9,19H,2,4,8,18H2. The molecule has 0 aliphatic rings. The van der Waals surface area contributed by atoms with Gasteiger partial charge in [0.1, 0.15) is 0 Å². The highest BCUT2D eigenvalue weighted by atomic mass is 79.9. The summed E-state index contributed by atoms with van der Waals surface area (Å²) in [6.07, 6.45) is 1.52. The van der Waals surface area contributed by atoms with Crippen LogP contribution in [-0.4, -0.2) is 11.7 Å². The zero-order chi connectivity index (χ0) is 13.8. The number of nitrogens with two attached hydrogens (primary N) is 1. The Hall–Kier alpha value is -1.03. The Labute approximate surface area is 126 Å². The molecule has 0 bridgehead atoms. The summed E-state index contributed by atoms with van der Waals surface area (Å²) in [5, 5.41) is 9.64. The highest BCUT2D eigenvalue weighted by molar-refractivity contribution is 9.10. The van der Waals surface area contributed by atoms with E-state index in [4.69, 9.17) is 22.4 Å². The zero-order valence-corrected chi connectivity index (χ0v) is 12.7. The molecule has 0 saturated carbocycles. The SMILES string of the molecule is Nc1cccc(CCCO)c1-c1ccc(Br)c(Cl)c1. The molecule has 0 saturated heterocycles. The Kier molecular flexibility index (Phi) is 4.86. The predicted octanol–water partition coefficient (Wildman–Crippen LogP) is 4.28. The monoisotopic (exact) mass is 339 g/mol. The lowest BCUT2D eigenvalue weighted by molar-refractivity contribution is 0.288. The molecular weight excluding hydrogens is 326 g/mol. The minimum absolute atomic E-state index is 0.176. The lowest BCUT2D eigenvalue weighted by Gasteiger charge is -2.13. The normalized spacial score (nSPS) is 10.7. The number of hydrogen-bond donors (Lipinski definition) is 2. The molecule has 0 atom stereocenters. The fourth-order valence-corrected chi connectivity index (χ4v) is 2.53. The van der Waals surface area contributed by atoms with E-state index in [9.17, 15) is 0 Å². The summed E-state index contributed by atoms with van der Waals surface area (Å²) in [5.74, 6) is 0. The minimum atomic E-state index is 0.176. The third-order valence-corrected chi connectivity index (χ3v) is 4.23. The van der Waals surface area contributed by atoms with E-state index in [1.165, 1.54) is 0 Å². The first-order valence-corrected chi connectivity index (χ1v) is 7.24. The maximum Gasteiger partial charge on any atom is 0.0554 e. The zero-order valence-electron chi connectivity index (χ0n) is 10.4. The minimum Gasteiger partial charge on any atom is -0.398 e. The van der Waals surface area contributed by atoms with E-state index in [1.54, 1.807) is 0 Å². The van der Waals surface area contributed by atoms with Crippen LogP contribution in [0.5, 0.6) is 0 Å². The first-order valence-electron chi connectivity index (χ1n) is 6.07. The van der Waals surface area contributed by atoms with Crippen LogP contribution in [0.2, 0.25) is 5.02 Å². The van der Waals surface area contributed by atoms with Crippen molar-refractivity contribution < 1.29 is 5.11 Å². The van der Waals surface area contributed by atoms with Gasteiger partial charge in [0.15, 0.2) is 0 Å². The molecule has 0 spiro atoms. The van der Waals surface area contributed by atoms with Gasteiger partial charge in [0.05, 0.1) is 5.02 Å². The van der Waals surface area contributed by atoms with Gasteiger partial charge in [0.25, 0.3) is 0 Å². The number of aryl methyl sites for hydroxylation is 1. The van der Waals surface area contributed by atoms with Crippen molar-refractivity contribution in [2.75, 3.05) is 12.3 Å². The van der Waals surface area contributed by atoms with Crippen LogP contribution in [0.15, 0.2) is 40.9 Å². The Morgan fingerprint density at radius 2 is 2.00 bits per heavy atom. The summed E-state index contributed by atoms with van der Waals surface area (Å²) >= 11 is 9.53.